The molecule has 0 unspecified atom stereocenters. The summed E-state index contributed by atoms with van der Waals surface area (Å²) in [6.45, 7) is 3.68. The molecule has 1 amide bonds. The zero-order valence-corrected chi connectivity index (χ0v) is 17.5. The monoisotopic (exact) mass is 412 g/mol. The number of benzene rings is 1. The molecular formula is C24H24N6O. The minimum atomic E-state index is 0.138. The van der Waals surface area contributed by atoms with Gasteiger partial charge in [0.1, 0.15) is 5.82 Å². The van der Waals surface area contributed by atoms with Crippen LogP contribution in [-0.2, 0) is 17.6 Å². The Balaban J connectivity index is 1.38. The second-order valence-electron chi connectivity index (χ2n) is 8.39. The number of piperidine rings is 1. The van der Waals surface area contributed by atoms with E-state index in [1.165, 1.54) is 0 Å². The summed E-state index contributed by atoms with van der Waals surface area (Å²) in [5, 5.41) is 8.82. The van der Waals surface area contributed by atoms with Crippen LogP contribution < -0.4 is 0 Å². The third-order valence-electron chi connectivity index (χ3n) is 6.39. The minimum absolute atomic E-state index is 0.138. The lowest BCUT2D eigenvalue weighted by molar-refractivity contribution is -0.132. The van der Waals surface area contributed by atoms with E-state index in [4.69, 9.17) is 10.2 Å². The Morgan fingerprint density at radius 1 is 1.19 bits per heavy atom. The summed E-state index contributed by atoms with van der Waals surface area (Å²) in [7, 11) is 0. The lowest BCUT2D eigenvalue weighted by Gasteiger charge is -2.36. The molecule has 0 aliphatic carbocycles. The van der Waals surface area contributed by atoms with E-state index in [0.29, 0.717) is 25.3 Å². The zero-order chi connectivity index (χ0) is 21.4. The van der Waals surface area contributed by atoms with Crippen LogP contribution in [0.4, 0.5) is 0 Å². The highest BCUT2D eigenvalue weighted by Gasteiger charge is 2.32. The third-order valence-corrected chi connectivity index (χ3v) is 6.39. The molecule has 1 aliphatic rings. The maximum absolute atomic E-state index is 13.1. The first-order chi connectivity index (χ1) is 15.1. The quantitative estimate of drug-likeness (QED) is 0.556. The van der Waals surface area contributed by atoms with Crippen LogP contribution in [0.1, 0.15) is 36.2 Å². The SMILES string of the molecule is C[C@@H]1CCN(C(=O)Cc2ccc(CC#N)cc2)C[C@@H]1c1ncc2cnc3[nH]ccc3n12. The van der Waals surface area contributed by atoms with Crippen molar-refractivity contribution in [1.29, 1.82) is 5.26 Å². The topological polar surface area (TPSA) is 90.1 Å². The summed E-state index contributed by atoms with van der Waals surface area (Å²) in [4.78, 5) is 27.4. The van der Waals surface area contributed by atoms with Crippen molar-refractivity contribution in [2.75, 3.05) is 13.1 Å². The van der Waals surface area contributed by atoms with E-state index in [1.807, 2.05) is 53.8 Å². The fraction of sp³-hybridized carbons (Fsp3) is 0.333. The molecule has 0 bridgehead atoms. The average Bonchev–Trinajstić information content (AvgIpc) is 3.42. The average molecular weight is 412 g/mol. The van der Waals surface area contributed by atoms with Crippen LogP contribution in [0.5, 0.6) is 0 Å². The van der Waals surface area contributed by atoms with Gasteiger partial charge in [-0.05, 0) is 29.5 Å². The molecule has 5 rings (SSSR count). The van der Waals surface area contributed by atoms with Gasteiger partial charge in [-0.1, -0.05) is 31.2 Å². The van der Waals surface area contributed by atoms with Gasteiger partial charge in [0.05, 0.1) is 42.3 Å². The molecule has 7 heteroatoms. The van der Waals surface area contributed by atoms with Crippen molar-refractivity contribution in [3.05, 3.63) is 65.9 Å². The molecule has 1 fully saturated rings. The van der Waals surface area contributed by atoms with Crippen molar-refractivity contribution in [3.63, 3.8) is 0 Å². The molecule has 156 valence electrons. The molecular weight excluding hydrogens is 388 g/mol. The van der Waals surface area contributed by atoms with Gasteiger partial charge in [-0.2, -0.15) is 5.26 Å². The Morgan fingerprint density at radius 2 is 1.97 bits per heavy atom. The standard InChI is InChI=1S/C24H24N6O/c1-16-8-11-29(22(31)12-18-4-2-17(3-5-18)6-9-25)15-20(16)24-28-14-19-13-27-23-21(30(19)24)7-10-26-23/h2-5,7,10,13-14,16,20,26H,6,8,11-12,15H2,1H3/t16-,20+/m1/s1. The fourth-order valence-electron chi connectivity index (χ4n) is 4.55. The number of imidazole rings is 1. The number of H-pyrrole nitrogens is 1. The van der Waals surface area contributed by atoms with E-state index in [-0.39, 0.29) is 11.8 Å². The Kier molecular flexibility index (Phi) is 4.91. The molecule has 0 saturated carbocycles. The molecule has 0 radical (unpaired) electrons. The first-order valence-corrected chi connectivity index (χ1v) is 10.7. The first kappa shape index (κ1) is 19.3. The Bertz CT molecular complexity index is 1280. The highest BCUT2D eigenvalue weighted by atomic mass is 16.2. The number of nitriles is 1. The third kappa shape index (κ3) is 3.55. The maximum Gasteiger partial charge on any atom is 0.227 e. The molecule has 1 aliphatic heterocycles. The molecule has 0 spiro atoms. The van der Waals surface area contributed by atoms with Gasteiger partial charge in [0, 0.05) is 25.2 Å². The molecule has 2 atom stereocenters. The summed E-state index contributed by atoms with van der Waals surface area (Å²) in [5.74, 6) is 1.73. The first-order valence-electron chi connectivity index (χ1n) is 10.7. The number of hydrogen-bond acceptors (Lipinski definition) is 4. The van der Waals surface area contributed by atoms with E-state index in [9.17, 15) is 4.79 Å². The molecule has 4 heterocycles. The van der Waals surface area contributed by atoms with Crippen LogP contribution >= 0.6 is 0 Å². The summed E-state index contributed by atoms with van der Waals surface area (Å²) in [6.07, 6.45) is 7.31. The number of aromatic amines is 1. The second-order valence-corrected chi connectivity index (χ2v) is 8.39. The van der Waals surface area contributed by atoms with Crippen LogP contribution in [0.15, 0.2) is 48.9 Å². The van der Waals surface area contributed by atoms with Gasteiger partial charge in [-0.15, -0.1) is 0 Å². The van der Waals surface area contributed by atoms with Crippen LogP contribution in [0.25, 0.3) is 16.7 Å². The number of fused-ring (bicyclic) bond motifs is 3. The molecule has 7 nitrogen and oxygen atoms in total. The number of hydrogen-bond donors (Lipinski definition) is 1. The molecule has 3 aromatic heterocycles. The van der Waals surface area contributed by atoms with Crippen LogP contribution in [0.2, 0.25) is 0 Å². The van der Waals surface area contributed by atoms with Crippen LogP contribution in [-0.4, -0.2) is 43.2 Å². The van der Waals surface area contributed by atoms with Crippen molar-refractivity contribution in [2.45, 2.75) is 32.1 Å². The Morgan fingerprint density at radius 3 is 2.77 bits per heavy atom. The number of carbonyl (C=O) groups excluding carboxylic acids is 1. The largest absolute Gasteiger partial charge is 0.345 e. The maximum atomic E-state index is 13.1. The highest BCUT2D eigenvalue weighted by molar-refractivity contribution is 5.79. The lowest BCUT2D eigenvalue weighted by Crippen LogP contribution is -2.43. The van der Waals surface area contributed by atoms with Crippen molar-refractivity contribution in [2.24, 2.45) is 5.92 Å². The van der Waals surface area contributed by atoms with Crippen molar-refractivity contribution < 1.29 is 4.79 Å². The van der Waals surface area contributed by atoms with Gasteiger partial charge in [0.2, 0.25) is 5.91 Å². The highest BCUT2D eigenvalue weighted by Crippen LogP contribution is 2.33. The van der Waals surface area contributed by atoms with Crippen LogP contribution in [0.3, 0.4) is 0 Å². The van der Waals surface area contributed by atoms with Crippen molar-refractivity contribution in [1.82, 2.24) is 24.3 Å². The van der Waals surface area contributed by atoms with E-state index >= 15 is 0 Å². The summed E-state index contributed by atoms with van der Waals surface area (Å²) in [5.41, 5.74) is 4.77. The Hall–Kier alpha value is -3.66. The number of amides is 1. The number of likely N-dealkylation sites (tertiary alicyclic amines) is 1. The molecule has 31 heavy (non-hydrogen) atoms. The van der Waals surface area contributed by atoms with Crippen LogP contribution in [0, 0.1) is 17.2 Å². The number of carbonyl (C=O) groups is 1. The van der Waals surface area contributed by atoms with Crippen molar-refractivity contribution in [3.8, 4) is 6.07 Å². The smallest absolute Gasteiger partial charge is 0.227 e. The van der Waals surface area contributed by atoms with Gasteiger partial charge < -0.3 is 9.88 Å². The van der Waals surface area contributed by atoms with E-state index in [2.05, 4.69) is 27.4 Å². The van der Waals surface area contributed by atoms with Gasteiger partial charge in [0.25, 0.3) is 0 Å². The zero-order valence-electron chi connectivity index (χ0n) is 17.5. The number of nitrogens with one attached hydrogen (secondary N) is 1. The number of rotatable bonds is 4. The van der Waals surface area contributed by atoms with E-state index in [0.717, 1.165) is 46.6 Å². The number of nitrogens with zero attached hydrogens (tertiary/aromatic N) is 5. The van der Waals surface area contributed by atoms with Gasteiger partial charge >= 0.3 is 0 Å². The van der Waals surface area contributed by atoms with E-state index in [1.54, 1.807) is 0 Å². The Labute approximate surface area is 180 Å². The summed E-state index contributed by atoms with van der Waals surface area (Å²) >= 11 is 0. The molecule has 1 N–H and O–H groups in total. The van der Waals surface area contributed by atoms with E-state index < -0.39 is 0 Å². The van der Waals surface area contributed by atoms with Gasteiger partial charge in [-0.25, -0.2) is 9.97 Å². The van der Waals surface area contributed by atoms with Gasteiger partial charge in [-0.3, -0.25) is 9.20 Å². The number of aromatic nitrogens is 4. The molecule has 4 aromatic rings. The second kappa shape index (κ2) is 7.88. The fourth-order valence-corrected chi connectivity index (χ4v) is 4.55. The van der Waals surface area contributed by atoms with Gasteiger partial charge in [0.15, 0.2) is 5.65 Å². The molecule has 1 saturated heterocycles. The minimum Gasteiger partial charge on any atom is -0.345 e. The summed E-state index contributed by atoms with van der Waals surface area (Å²) in [6, 6.07) is 11.9. The predicted molar refractivity (Wildman–Crippen MR) is 117 cm³/mol. The molecule has 1 aromatic carbocycles. The predicted octanol–water partition coefficient (Wildman–Crippen LogP) is 3.47. The normalized spacial score (nSPS) is 19.0. The lowest BCUT2D eigenvalue weighted by atomic mass is 9.86. The summed E-state index contributed by atoms with van der Waals surface area (Å²) < 4.78 is 2.17. The van der Waals surface area contributed by atoms with Crippen molar-refractivity contribution >= 4 is 22.6 Å².